The third-order valence-electron chi connectivity index (χ3n) is 5.88. The Morgan fingerprint density at radius 1 is 1.24 bits per heavy atom. The van der Waals surface area contributed by atoms with Gasteiger partial charge in [-0.25, -0.2) is 4.39 Å². The smallest absolute Gasteiger partial charge is 0.246 e. The minimum absolute atomic E-state index is 0.0481. The van der Waals surface area contributed by atoms with E-state index in [9.17, 15) is 9.18 Å². The monoisotopic (exact) mass is 463 g/mol. The zero-order valence-electron chi connectivity index (χ0n) is 19.4. The van der Waals surface area contributed by atoms with E-state index in [4.69, 9.17) is 9.26 Å². The Balaban J connectivity index is 1.22. The quantitative estimate of drug-likeness (QED) is 0.428. The van der Waals surface area contributed by atoms with Crippen molar-refractivity contribution >= 4 is 12.0 Å². The molecule has 1 aromatic heterocycles. The number of carbonyl (C=O) groups is 1. The molecule has 4 rings (SSSR count). The number of piperidine rings is 1. The maximum Gasteiger partial charge on any atom is 0.246 e. The number of ether oxygens (including phenoxy) is 1. The molecule has 1 fully saturated rings. The van der Waals surface area contributed by atoms with Crippen molar-refractivity contribution < 1.29 is 18.4 Å². The number of hydrogen-bond donors (Lipinski definition) is 0. The largest absolute Gasteiger partial charge is 0.493 e. The fourth-order valence-corrected chi connectivity index (χ4v) is 4.15. The number of amides is 1. The van der Waals surface area contributed by atoms with E-state index in [-0.39, 0.29) is 17.6 Å². The first-order chi connectivity index (χ1) is 16.5. The molecule has 1 amide bonds. The molecule has 6 nitrogen and oxygen atoms in total. The third kappa shape index (κ3) is 7.02. The second-order valence-electron chi connectivity index (χ2n) is 8.80. The highest BCUT2D eigenvalue weighted by molar-refractivity contribution is 5.91. The van der Waals surface area contributed by atoms with Crippen molar-refractivity contribution in [3.63, 3.8) is 0 Å². The van der Waals surface area contributed by atoms with Gasteiger partial charge in [-0.2, -0.15) is 0 Å². The molecule has 3 aromatic rings. The van der Waals surface area contributed by atoms with Crippen molar-refractivity contribution in [3.8, 4) is 5.75 Å². The Kier molecular flexibility index (Phi) is 8.09. The van der Waals surface area contributed by atoms with E-state index in [1.165, 1.54) is 23.8 Å². The highest BCUT2D eigenvalue weighted by atomic mass is 19.1. The van der Waals surface area contributed by atoms with Gasteiger partial charge in [0.05, 0.1) is 12.3 Å². The van der Waals surface area contributed by atoms with Crippen LogP contribution in [0.4, 0.5) is 4.39 Å². The van der Waals surface area contributed by atoms with Crippen molar-refractivity contribution in [1.29, 1.82) is 0 Å². The van der Waals surface area contributed by atoms with Crippen LogP contribution in [-0.2, 0) is 17.9 Å². The van der Waals surface area contributed by atoms with Crippen LogP contribution in [0, 0.1) is 11.7 Å². The Morgan fingerprint density at radius 2 is 2.09 bits per heavy atom. The van der Waals surface area contributed by atoms with Gasteiger partial charge in [-0.3, -0.25) is 9.69 Å². The zero-order chi connectivity index (χ0) is 23.8. The second-order valence-corrected chi connectivity index (χ2v) is 8.80. The number of benzene rings is 2. The summed E-state index contributed by atoms with van der Waals surface area (Å²) in [7, 11) is 2.04. The van der Waals surface area contributed by atoms with Crippen LogP contribution in [0.2, 0.25) is 0 Å². The van der Waals surface area contributed by atoms with E-state index in [0.717, 1.165) is 43.9 Å². The van der Waals surface area contributed by atoms with Crippen LogP contribution in [0.1, 0.15) is 29.7 Å². The maximum atomic E-state index is 13.3. The highest BCUT2D eigenvalue weighted by Crippen LogP contribution is 2.20. The van der Waals surface area contributed by atoms with E-state index < -0.39 is 0 Å². The molecule has 0 radical (unpaired) electrons. The zero-order valence-corrected chi connectivity index (χ0v) is 19.4. The van der Waals surface area contributed by atoms with Gasteiger partial charge in [-0.1, -0.05) is 29.4 Å². The summed E-state index contributed by atoms with van der Waals surface area (Å²) in [6.07, 6.45) is 6.75. The maximum absolute atomic E-state index is 13.3. The van der Waals surface area contributed by atoms with Crippen LogP contribution >= 0.6 is 0 Å². The van der Waals surface area contributed by atoms with Gasteiger partial charge >= 0.3 is 0 Å². The average molecular weight is 464 g/mol. The number of likely N-dealkylation sites (tertiary alicyclic amines) is 1. The topological polar surface area (TPSA) is 58.8 Å². The molecule has 178 valence electrons. The molecule has 7 heteroatoms. The molecule has 0 bridgehead atoms. The van der Waals surface area contributed by atoms with Crippen LogP contribution < -0.4 is 4.74 Å². The molecule has 1 aliphatic heterocycles. The lowest BCUT2D eigenvalue weighted by Crippen LogP contribution is -2.40. The van der Waals surface area contributed by atoms with Crippen LogP contribution in [0.3, 0.4) is 0 Å². The molecule has 1 aliphatic rings. The first-order valence-electron chi connectivity index (χ1n) is 11.6. The Bertz CT molecular complexity index is 1080. The molecule has 1 atom stereocenters. The average Bonchev–Trinajstić information content (AvgIpc) is 3.35. The van der Waals surface area contributed by atoms with Crippen LogP contribution in [0.15, 0.2) is 71.5 Å². The summed E-state index contributed by atoms with van der Waals surface area (Å²) in [6.45, 7) is 3.50. The van der Waals surface area contributed by atoms with Crippen LogP contribution in [0.25, 0.3) is 6.08 Å². The lowest BCUT2D eigenvalue weighted by atomic mass is 9.99. The van der Waals surface area contributed by atoms with Gasteiger partial charge in [-0.05, 0) is 61.4 Å². The minimum atomic E-state index is -0.309. The van der Waals surface area contributed by atoms with Gasteiger partial charge in [0.25, 0.3) is 0 Å². The minimum Gasteiger partial charge on any atom is -0.493 e. The van der Waals surface area contributed by atoms with Crippen molar-refractivity contribution in [2.24, 2.45) is 5.92 Å². The molecule has 0 aliphatic carbocycles. The molecule has 0 unspecified atom stereocenters. The first kappa shape index (κ1) is 23.7. The number of nitrogens with zero attached hydrogens (tertiary/aromatic N) is 3. The number of aromatic nitrogens is 1. The van der Waals surface area contributed by atoms with Crippen LogP contribution in [-0.4, -0.2) is 47.6 Å². The summed E-state index contributed by atoms with van der Waals surface area (Å²) in [5.74, 6) is 0.760. The van der Waals surface area contributed by atoms with Crippen molar-refractivity contribution in [3.05, 3.63) is 89.6 Å². The molecule has 0 N–H and O–H groups in total. The predicted molar refractivity (Wildman–Crippen MR) is 128 cm³/mol. The lowest BCUT2D eigenvalue weighted by Gasteiger charge is -2.32. The summed E-state index contributed by atoms with van der Waals surface area (Å²) in [4.78, 5) is 16.6. The van der Waals surface area contributed by atoms with Crippen molar-refractivity contribution in [1.82, 2.24) is 15.0 Å². The Labute approximate surface area is 199 Å². The number of halogens is 1. The summed E-state index contributed by atoms with van der Waals surface area (Å²) in [6, 6.07) is 16.2. The summed E-state index contributed by atoms with van der Waals surface area (Å²) in [5.41, 5.74) is 2.78. The molecular weight excluding hydrogens is 433 g/mol. The molecule has 1 saturated heterocycles. The first-order valence-corrected chi connectivity index (χ1v) is 11.6. The van der Waals surface area contributed by atoms with E-state index >= 15 is 0 Å². The molecule has 2 heterocycles. The normalized spacial score (nSPS) is 16.3. The van der Waals surface area contributed by atoms with Gasteiger partial charge in [0.2, 0.25) is 5.91 Å². The molecule has 2 aromatic carbocycles. The van der Waals surface area contributed by atoms with Gasteiger partial charge < -0.3 is 14.2 Å². The van der Waals surface area contributed by atoms with Gasteiger partial charge in [0.15, 0.2) is 0 Å². The van der Waals surface area contributed by atoms with Gasteiger partial charge in [-0.15, -0.1) is 0 Å². The molecule has 34 heavy (non-hydrogen) atoms. The lowest BCUT2D eigenvalue weighted by molar-refractivity contribution is -0.127. The molecule has 0 saturated carbocycles. The standard InChI is InChI=1S/C27H30FN3O3/c1-30(19-25-13-15-34-29-25)17-22-7-10-26(11-8-22)33-20-23-5-3-14-31(18-23)27(32)12-9-21-4-2-6-24(28)16-21/h2,4,6-13,15-16,23H,3,5,14,17-20H2,1H3/b12-9+/t23-/m1/s1. The summed E-state index contributed by atoms with van der Waals surface area (Å²) in [5, 5.41) is 3.95. The number of carbonyl (C=O) groups excluding carboxylic acids is 1. The van der Waals surface area contributed by atoms with Gasteiger partial charge in [0.1, 0.15) is 17.8 Å². The number of hydrogen-bond acceptors (Lipinski definition) is 5. The highest BCUT2D eigenvalue weighted by Gasteiger charge is 2.23. The predicted octanol–water partition coefficient (Wildman–Crippen LogP) is 4.78. The molecular formula is C27H30FN3O3. The Hall–Kier alpha value is -3.45. The van der Waals surface area contributed by atoms with E-state index in [1.807, 2.05) is 30.1 Å². The number of rotatable bonds is 9. The summed E-state index contributed by atoms with van der Waals surface area (Å²) < 4.78 is 24.2. The fraction of sp³-hybridized carbons (Fsp3) is 0.333. The third-order valence-corrected chi connectivity index (χ3v) is 5.88. The van der Waals surface area contributed by atoms with E-state index in [0.29, 0.717) is 18.7 Å². The summed E-state index contributed by atoms with van der Waals surface area (Å²) >= 11 is 0. The van der Waals surface area contributed by atoms with Gasteiger partial charge in [0, 0.05) is 44.2 Å². The fourth-order valence-electron chi connectivity index (χ4n) is 4.15. The Morgan fingerprint density at radius 3 is 2.85 bits per heavy atom. The van der Waals surface area contributed by atoms with Crippen molar-refractivity contribution in [2.45, 2.75) is 25.9 Å². The van der Waals surface area contributed by atoms with E-state index in [1.54, 1.807) is 24.5 Å². The van der Waals surface area contributed by atoms with Crippen LogP contribution in [0.5, 0.6) is 5.75 Å². The van der Waals surface area contributed by atoms with E-state index in [2.05, 4.69) is 22.2 Å². The van der Waals surface area contributed by atoms with Crippen molar-refractivity contribution in [2.75, 3.05) is 26.7 Å². The molecule has 0 spiro atoms. The second kappa shape index (κ2) is 11.6. The SMILES string of the molecule is CN(Cc1ccc(OC[C@@H]2CCCN(C(=O)/C=C/c3cccc(F)c3)C2)cc1)Cc1ccon1.